The Morgan fingerprint density at radius 1 is 1.05 bits per heavy atom. The highest BCUT2D eigenvalue weighted by Gasteiger charge is 2.15. The van der Waals surface area contributed by atoms with Gasteiger partial charge in [0.1, 0.15) is 5.75 Å². The smallest absolute Gasteiger partial charge is 0.449 e. The van der Waals surface area contributed by atoms with Gasteiger partial charge in [-0.05, 0) is 66.6 Å². The molecular formula is C18H20O3. The first-order valence-electron chi connectivity index (χ1n) is 7.05. The lowest BCUT2D eigenvalue weighted by Gasteiger charge is -2.17. The van der Waals surface area contributed by atoms with Crippen molar-refractivity contribution in [1.29, 1.82) is 0 Å². The van der Waals surface area contributed by atoms with Crippen LogP contribution in [0.25, 0.3) is 11.1 Å². The molecule has 0 bridgehead atoms. The maximum Gasteiger partial charge on any atom is 0.511 e. The van der Waals surface area contributed by atoms with Crippen molar-refractivity contribution in [3.8, 4) is 16.9 Å². The van der Waals surface area contributed by atoms with Crippen molar-refractivity contribution in [2.75, 3.05) is 0 Å². The van der Waals surface area contributed by atoms with Crippen molar-refractivity contribution in [1.82, 2.24) is 0 Å². The van der Waals surface area contributed by atoms with E-state index >= 15 is 0 Å². The zero-order valence-corrected chi connectivity index (χ0v) is 12.9. The Morgan fingerprint density at radius 2 is 1.71 bits per heavy atom. The van der Waals surface area contributed by atoms with E-state index in [1.807, 2.05) is 32.0 Å². The predicted octanol–water partition coefficient (Wildman–Crippen LogP) is 4.90. The van der Waals surface area contributed by atoms with E-state index in [-0.39, 0.29) is 0 Å². The largest absolute Gasteiger partial charge is 0.511 e. The highest BCUT2D eigenvalue weighted by atomic mass is 16.7. The predicted molar refractivity (Wildman–Crippen MR) is 84.1 cm³/mol. The Bertz CT molecular complexity index is 687. The molecule has 0 amide bonds. The highest BCUT2D eigenvalue weighted by Crippen LogP contribution is 2.35. The van der Waals surface area contributed by atoms with Crippen LogP contribution in [0.5, 0.6) is 5.75 Å². The van der Waals surface area contributed by atoms with Gasteiger partial charge in [-0.3, -0.25) is 0 Å². The van der Waals surface area contributed by atoms with Gasteiger partial charge in [0.25, 0.3) is 0 Å². The minimum Gasteiger partial charge on any atom is -0.449 e. The SMILES string of the molecule is CCc1ccccc1-c1cc(OC(=O)O)c(C)c(C)c1C. The molecule has 0 saturated carbocycles. The van der Waals surface area contributed by atoms with E-state index in [0.717, 1.165) is 34.2 Å². The second kappa shape index (κ2) is 6.00. The van der Waals surface area contributed by atoms with Gasteiger partial charge in [-0.25, -0.2) is 4.79 Å². The molecule has 0 spiro atoms. The van der Waals surface area contributed by atoms with Crippen LogP contribution in [-0.4, -0.2) is 11.3 Å². The molecule has 2 aromatic carbocycles. The summed E-state index contributed by atoms with van der Waals surface area (Å²) in [6.07, 6.45) is -0.353. The first-order chi connectivity index (χ1) is 9.95. The lowest BCUT2D eigenvalue weighted by Crippen LogP contribution is -2.06. The summed E-state index contributed by atoms with van der Waals surface area (Å²) in [6, 6.07) is 10.0. The molecule has 2 aromatic rings. The standard InChI is InChI=1S/C18H20O3/c1-5-14-8-6-7-9-15(14)16-10-17(21-18(19)20)13(4)11(2)12(16)3/h6-10H,5H2,1-4H3,(H,19,20). The van der Waals surface area contributed by atoms with Crippen LogP contribution >= 0.6 is 0 Å². The summed E-state index contributed by atoms with van der Waals surface area (Å²) in [4.78, 5) is 10.9. The number of benzene rings is 2. The minimum absolute atomic E-state index is 0.409. The second-order valence-electron chi connectivity index (χ2n) is 5.18. The quantitative estimate of drug-likeness (QED) is 0.644. The molecule has 0 fully saturated rings. The van der Waals surface area contributed by atoms with E-state index in [1.165, 1.54) is 5.56 Å². The molecule has 0 saturated heterocycles. The number of ether oxygens (including phenoxy) is 1. The number of rotatable bonds is 3. The maximum absolute atomic E-state index is 10.9. The van der Waals surface area contributed by atoms with Crippen LogP contribution in [-0.2, 0) is 6.42 Å². The van der Waals surface area contributed by atoms with E-state index in [9.17, 15) is 4.79 Å². The van der Waals surface area contributed by atoms with E-state index in [2.05, 4.69) is 26.0 Å². The first kappa shape index (κ1) is 15.1. The molecule has 0 aliphatic rings. The Labute approximate surface area is 125 Å². The normalized spacial score (nSPS) is 10.5. The summed E-state index contributed by atoms with van der Waals surface area (Å²) in [7, 11) is 0. The molecule has 21 heavy (non-hydrogen) atoms. The summed E-state index contributed by atoms with van der Waals surface area (Å²) >= 11 is 0. The maximum atomic E-state index is 10.9. The molecule has 2 rings (SSSR count). The Kier molecular flexibility index (Phi) is 4.32. The Hall–Kier alpha value is -2.29. The first-order valence-corrected chi connectivity index (χ1v) is 7.05. The lowest BCUT2D eigenvalue weighted by atomic mass is 9.90. The molecule has 0 radical (unpaired) electrons. The summed E-state index contributed by atoms with van der Waals surface area (Å²) in [5.41, 5.74) is 6.50. The van der Waals surface area contributed by atoms with Crippen molar-refractivity contribution in [3.63, 3.8) is 0 Å². The van der Waals surface area contributed by atoms with Crippen LogP contribution in [0.15, 0.2) is 30.3 Å². The van der Waals surface area contributed by atoms with E-state index in [4.69, 9.17) is 9.84 Å². The lowest BCUT2D eigenvalue weighted by molar-refractivity contribution is 0.144. The van der Waals surface area contributed by atoms with Crippen molar-refractivity contribution in [3.05, 3.63) is 52.6 Å². The Balaban J connectivity index is 2.68. The zero-order chi connectivity index (χ0) is 15.6. The van der Waals surface area contributed by atoms with Gasteiger partial charge in [0.2, 0.25) is 0 Å². The van der Waals surface area contributed by atoms with Crippen molar-refractivity contribution < 1.29 is 14.6 Å². The molecule has 3 heteroatoms. The topological polar surface area (TPSA) is 46.5 Å². The average molecular weight is 284 g/mol. The fraction of sp³-hybridized carbons (Fsp3) is 0.278. The van der Waals surface area contributed by atoms with Crippen molar-refractivity contribution in [2.45, 2.75) is 34.1 Å². The van der Waals surface area contributed by atoms with Gasteiger partial charge in [0.05, 0.1) is 0 Å². The van der Waals surface area contributed by atoms with Gasteiger partial charge in [-0.15, -0.1) is 0 Å². The molecule has 0 unspecified atom stereocenters. The van der Waals surface area contributed by atoms with Gasteiger partial charge >= 0.3 is 6.16 Å². The minimum atomic E-state index is -1.28. The highest BCUT2D eigenvalue weighted by molar-refractivity contribution is 5.75. The van der Waals surface area contributed by atoms with Gasteiger partial charge in [-0.1, -0.05) is 31.2 Å². The fourth-order valence-electron chi connectivity index (χ4n) is 2.59. The molecule has 0 aromatic heterocycles. The van der Waals surface area contributed by atoms with E-state index in [0.29, 0.717) is 5.75 Å². The summed E-state index contributed by atoms with van der Waals surface area (Å²) in [5.74, 6) is 0.409. The molecule has 0 aliphatic heterocycles. The average Bonchev–Trinajstić information content (AvgIpc) is 2.47. The second-order valence-corrected chi connectivity index (χ2v) is 5.18. The molecule has 0 atom stereocenters. The van der Waals surface area contributed by atoms with Crippen molar-refractivity contribution >= 4 is 6.16 Å². The number of hydrogen-bond acceptors (Lipinski definition) is 2. The molecule has 3 nitrogen and oxygen atoms in total. The van der Waals surface area contributed by atoms with Gasteiger partial charge in [-0.2, -0.15) is 0 Å². The number of hydrogen-bond donors (Lipinski definition) is 1. The van der Waals surface area contributed by atoms with Crippen LogP contribution in [0.4, 0.5) is 4.79 Å². The van der Waals surface area contributed by atoms with Crippen LogP contribution in [0.2, 0.25) is 0 Å². The summed E-state index contributed by atoms with van der Waals surface area (Å²) in [6.45, 7) is 8.06. The summed E-state index contributed by atoms with van der Waals surface area (Å²) < 4.78 is 4.93. The zero-order valence-electron chi connectivity index (χ0n) is 12.9. The van der Waals surface area contributed by atoms with Crippen LogP contribution in [0.1, 0.15) is 29.2 Å². The van der Waals surface area contributed by atoms with Crippen LogP contribution in [0, 0.1) is 20.8 Å². The Morgan fingerprint density at radius 3 is 2.33 bits per heavy atom. The molecular weight excluding hydrogens is 264 g/mol. The van der Waals surface area contributed by atoms with Crippen molar-refractivity contribution in [2.24, 2.45) is 0 Å². The third kappa shape index (κ3) is 2.92. The number of carboxylic acid groups (broad SMARTS) is 1. The van der Waals surface area contributed by atoms with E-state index < -0.39 is 6.16 Å². The summed E-state index contributed by atoms with van der Waals surface area (Å²) in [5, 5.41) is 8.89. The van der Waals surface area contributed by atoms with E-state index in [1.54, 1.807) is 0 Å². The molecule has 0 heterocycles. The molecule has 0 aliphatic carbocycles. The fourth-order valence-corrected chi connectivity index (χ4v) is 2.59. The third-order valence-electron chi connectivity index (χ3n) is 4.06. The molecule has 1 N–H and O–H groups in total. The van der Waals surface area contributed by atoms with Crippen LogP contribution in [0.3, 0.4) is 0 Å². The number of carbonyl (C=O) groups is 1. The van der Waals surface area contributed by atoms with Crippen LogP contribution < -0.4 is 4.74 Å². The molecule has 110 valence electrons. The monoisotopic (exact) mass is 284 g/mol. The van der Waals surface area contributed by atoms with Gasteiger partial charge in [0.15, 0.2) is 0 Å². The third-order valence-corrected chi connectivity index (χ3v) is 4.06. The van der Waals surface area contributed by atoms with Gasteiger partial charge in [0, 0.05) is 0 Å². The van der Waals surface area contributed by atoms with Gasteiger partial charge < -0.3 is 9.84 Å². The number of aryl methyl sites for hydroxylation is 1.